The van der Waals surface area contributed by atoms with Crippen molar-refractivity contribution in [3.05, 3.63) is 280 Å². The highest BCUT2D eigenvalue weighted by Crippen LogP contribution is 2.53. The van der Waals surface area contributed by atoms with Crippen LogP contribution in [0.3, 0.4) is 0 Å². The predicted octanol–water partition coefficient (Wildman–Crippen LogP) is 28.9. The van der Waals surface area contributed by atoms with E-state index < -0.39 is 0 Å². The van der Waals surface area contributed by atoms with Crippen molar-refractivity contribution < 1.29 is 0 Å². The van der Waals surface area contributed by atoms with Crippen LogP contribution in [0.1, 0.15) is 209 Å². The maximum absolute atomic E-state index is 8.76. The van der Waals surface area contributed by atoms with Gasteiger partial charge in [0.25, 0.3) is 0 Å². The first kappa shape index (κ1) is 70.2. The van der Waals surface area contributed by atoms with Crippen LogP contribution in [0.25, 0.3) is 72.0 Å². The Morgan fingerprint density at radius 1 is 0.284 bits per heavy atom. The first-order valence-corrected chi connectivity index (χ1v) is 37.8. The molecular formula is C98H106ClN3. The van der Waals surface area contributed by atoms with Crippen LogP contribution >= 0.6 is 11.6 Å². The van der Waals surface area contributed by atoms with Gasteiger partial charge >= 0.3 is 0 Å². The molecule has 0 N–H and O–H groups in total. The van der Waals surface area contributed by atoms with Gasteiger partial charge < -0.3 is 14.4 Å². The number of hydrogen-bond donors (Lipinski definition) is 0. The van der Waals surface area contributed by atoms with Crippen molar-refractivity contribution in [1.82, 2.24) is 4.57 Å². The molecule has 102 heavy (non-hydrogen) atoms. The van der Waals surface area contributed by atoms with Crippen LogP contribution in [-0.4, -0.2) is 4.57 Å². The van der Waals surface area contributed by atoms with E-state index in [-0.39, 0.29) is 43.3 Å². The number of fused-ring (bicyclic) bond motifs is 5. The van der Waals surface area contributed by atoms with Crippen LogP contribution < -0.4 is 9.80 Å². The maximum atomic E-state index is 8.76. The molecule has 0 unspecified atom stereocenters. The number of rotatable bonds is 11. The molecule has 14 rings (SSSR count). The smallest absolute Gasteiger partial charge is 0.0888 e. The molecule has 520 valence electrons. The standard InChI is InChI=1S/C98H106ClN3/c1-91(2,3)71-51-69(52-72(59-71)92(4,5)6)65-27-25-29-77(55-65)100(75-41-35-63(36-42-75)67-39-45-82-84(57-67)97(17,18)49-47-95(82,13)14)88-61-79(102-86-33-23-21-31-80(86)81-32-22-24-34-87(81)102)62-89(90(88)99)101(78-30-26-28-66(56-78)70-53-73(93(7,8)9)60-74(54-70)94(10,11)12)76-43-37-64(38-44-76)68-40-46-83-85(58-68)98(19,20)50-48-96(83,15)16/h21-46,51-62H,47-50H2,1-20H3. The summed E-state index contributed by atoms with van der Waals surface area (Å²) >= 11 is 8.76. The highest BCUT2D eigenvalue weighted by molar-refractivity contribution is 6.37. The lowest BCUT2D eigenvalue weighted by atomic mass is 9.63. The van der Waals surface area contributed by atoms with Crippen LogP contribution in [0.4, 0.5) is 34.1 Å². The summed E-state index contributed by atoms with van der Waals surface area (Å²) in [6.07, 6.45) is 4.66. The topological polar surface area (TPSA) is 11.4 Å². The van der Waals surface area contributed by atoms with E-state index in [0.29, 0.717) is 5.02 Å². The Morgan fingerprint density at radius 3 is 0.941 bits per heavy atom. The Kier molecular flexibility index (Phi) is 17.3. The Morgan fingerprint density at radius 2 is 0.598 bits per heavy atom. The molecule has 0 saturated carbocycles. The van der Waals surface area contributed by atoms with Gasteiger partial charge in [-0.1, -0.05) is 308 Å². The fraction of sp³-hybridized carbons (Fsp3) is 0.327. The van der Waals surface area contributed by atoms with Gasteiger partial charge in [-0.25, -0.2) is 0 Å². The molecule has 0 radical (unpaired) electrons. The van der Waals surface area contributed by atoms with Gasteiger partial charge in [-0.3, -0.25) is 0 Å². The molecule has 2 aliphatic rings. The summed E-state index contributed by atoms with van der Waals surface area (Å²) < 4.78 is 2.46. The Labute approximate surface area is 615 Å². The average Bonchev–Trinajstić information content (AvgIpc) is 1.39. The molecule has 2 aliphatic carbocycles. The molecule has 0 bridgehead atoms. The minimum atomic E-state index is -0.0736. The number of para-hydroxylation sites is 2. The third-order valence-electron chi connectivity index (χ3n) is 23.2. The molecule has 0 fully saturated rings. The second kappa shape index (κ2) is 25.2. The normalized spacial score (nSPS) is 15.7. The average molecular weight is 1360 g/mol. The third kappa shape index (κ3) is 13.2. The van der Waals surface area contributed by atoms with Crippen molar-refractivity contribution in [3.63, 3.8) is 0 Å². The van der Waals surface area contributed by atoms with E-state index in [1.165, 1.54) is 102 Å². The number of anilines is 6. The van der Waals surface area contributed by atoms with E-state index in [2.05, 4.69) is 383 Å². The van der Waals surface area contributed by atoms with E-state index in [1.807, 2.05) is 0 Å². The molecule has 0 amide bonds. The van der Waals surface area contributed by atoms with Gasteiger partial charge in [0, 0.05) is 33.5 Å². The van der Waals surface area contributed by atoms with Crippen LogP contribution in [0.5, 0.6) is 0 Å². The lowest BCUT2D eigenvalue weighted by molar-refractivity contribution is 0.332. The molecule has 1 heterocycles. The number of nitrogens with zero attached hydrogens (tertiary/aromatic N) is 3. The van der Waals surface area contributed by atoms with Gasteiger partial charge in [0.2, 0.25) is 0 Å². The highest BCUT2D eigenvalue weighted by atomic mass is 35.5. The zero-order valence-electron chi connectivity index (χ0n) is 64.5. The van der Waals surface area contributed by atoms with Crippen LogP contribution in [0, 0.1) is 0 Å². The Hall–Kier alpha value is -8.89. The van der Waals surface area contributed by atoms with Crippen molar-refractivity contribution in [2.24, 2.45) is 0 Å². The van der Waals surface area contributed by atoms with Crippen molar-refractivity contribution in [1.29, 1.82) is 0 Å². The van der Waals surface area contributed by atoms with Crippen molar-refractivity contribution >= 4 is 67.5 Å². The molecule has 4 heteroatoms. The number of benzene rings is 11. The maximum Gasteiger partial charge on any atom is 0.0888 e. The van der Waals surface area contributed by atoms with E-state index >= 15 is 0 Å². The lowest BCUT2D eigenvalue weighted by Gasteiger charge is -2.42. The first-order valence-electron chi connectivity index (χ1n) is 37.4. The summed E-state index contributed by atoms with van der Waals surface area (Å²) in [5, 5.41) is 2.99. The molecule has 11 aromatic carbocycles. The fourth-order valence-corrected chi connectivity index (χ4v) is 16.5. The number of aromatic nitrogens is 1. The van der Waals surface area contributed by atoms with Gasteiger partial charge in [0.05, 0.1) is 33.1 Å². The molecule has 0 saturated heterocycles. The quantitative estimate of drug-likeness (QED) is 0.128. The van der Waals surface area contributed by atoms with Crippen LogP contribution in [-0.2, 0) is 43.3 Å². The second-order valence-electron chi connectivity index (χ2n) is 36.7. The molecule has 0 atom stereocenters. The van der Waals surface area contributed by atoms with Crippen molar-refractivity contribution in [3.8, 4) is 50.2 Å². The molecule has 0 spiro atoms. The minimum Gasteiger partial charge on any atom is -0.309 e. The first-order chi connectivity index (χ1) is 47.9. The molecule has 0 aliphatic heterocycles. The van der Waals surface area contributed by atoms with Gasteiger partial charge in [-0.15, -0.1) is 0 Å². The third-order valence-corrected chi connectivity index (χ3v) is 23.6. The van der Waals surface area contributed by atoms with Gasteiger partial charge in [0.1, 0.15) is 0 Å². The summed E-state index contributed by atoms with van der Waals surface area (Å²) in [7, 11) is 0. The van der Waals surface area contributed by atoms with Gasteiger partial charge in [0.15, 0.2) is 0 Å². The van der Waals surface area contributed by atoms with Gasteiger partial charge in [-0.2, -0.15) is 0 Å². The predicted molar refractivity (Wildman–Crippen MR) is 442 cm³/mol. The van der Waals surface area contributed by atoms with Crippen molar-refractivity contribution in [2.75, 3.05) is 9.80 Å². The largest absolute Gasteiger partial charge is 0.309 e. The Balaban J connectivity index is 1.05. The molecule has 1 aromatic heterocycles. The van der Waals surface area contributed by atoms with Gasteiger partial charge in [-0.05, 0) is 231 Å². The molecule has 12 aromatic rings. The van der Waals surface area contributed by atoms with E-state index in [0.717, 1.165) is 74.8 Å². The summed E-state index contributed by atoms with van der Waals surface area (Å²) in [5.41, 5.74) is 29.5. The second-order valence-corrected chi connectivity index (χ2v) is 37.1. The summed E-state index contributed by atoms with van der Waals surface area (Å²) in [6, 6.07) is 88.3. The van der Waals surface area contributed by atoms with Crippen LogP contribution in [0.15, 0.2) is 231 Å². The van der Waals surface area contributed by atoms with E-state index in [4.69, 9.17) is 11.6 Å². The fourth-order valence-electron chi connectivity index (χ4n) is 16.2. The SMILES string of the molecule is CC(C)(C)c1cc(-c2cccc(N(c3ccc(-c4ccc5c(c4)C(C)(C)CCC5(C)C)cc3)c3cc(-n4c5ccccc5c5ccccc54)cc(N(c4ccc(-c5ccc6c(c5)C(C)(C)CCC6(C)C)cc4)c4cccc(-c5cc(C(C)(C)C)cc(C(C)(C)C)c5)c4)c3Cl)c2)cc(C(C)(C)C)c1. The van der Waals surface area contributed by atoms with Crippen molar-refractivity contribution in [2.45, 2.75) is 207 Å². The zero-order chi connectivity index (χ0) is 72.6. The van der Waals surface area contributed by atoms with E-state index in [1.54, 1.807) is 0 Å². The monoisotopic (exact) mass is 1360 g/mol. The summed E-state index contributed by atoms with van der Waals surface area (Å²) in [5.74, 6) is 0. The summed E-state index contributed by atoms with van der Waals surface area (Å²) in [4.78, 5) is 4.85. The zero-order valence-corrected chi connectivity index (χ0v) is 65.2. The molecular weight excluding hydrogens is 1250 g/mol. The molecule has 3 nitrogen and oxygen atoms in total. The number of hydrogen-bond acceptors (Lipinski definition) is 2. The highest BCUT2D eigenvalue weighted by Gasteiger charge is 2.39. The minimum absolute atomic E-state index is 0.0688. The lowest BCUT2D eigenvalue weighted by Crippen LogP contribution is -2.33. The number of halogens is 1. The van der Waals surface area contributed by atoms with E-state index in [9.17, 15) is 0 Å². The van der Waals surface area contributed by atoms with Crippen LogP contribution in [0.2, 0.25) is 5.02 Å². The Bertz CT molecular complexity index is 4820. The summed E-state index contributed by atoms with van der Waals surface area (Å²) in [6.45, 7) is 47.3.